The van der Waals surface area contributed by atoms with E-state index in [0.717, 1.165) is 43.9 Å². The second-order valence-corrected chi connectivity index (χ2v) is 7.13. The van der Waals surface area contributed by atoms with Gasteiger partial charge in [-0.15, -0.1) is 0 Å². The van der Waals surface area contributed by atoms with Gasteiger partial charge in [-0.1, -0.05) is 11.6 Å². The average Bonchev–Trinajstić information content (AvgIpc) is 2.66. The van der Waals surface area contributed by atoms with Gasteiger partial charge in [-0.2, -0.15) is 13.2 Å². The SMILES string of the molecule is Nc1ccc(C(F)(F)F)c(-c2cc3ncnc(N4CCCCC4)c3cc2Cl)n1. The number of nitrogens with two attached hydrogens (primary N) is 1. The van der Waals surface area contributed by atoms with Crippen molar-refractivity contribution in [1.82, 2.24) is 15.0 Å². The van der Waals surface area contributed by atoms with Gasteiger partial charge in [0, 0.05) is 24.0 Å². The van der Waals surface area contributed by atoms with Crippen LogP contribution in [0, 0.1) is 0 Å². The fourth-order valence-corrected chi connectivity index (χ4v) is 3.76. The highest BCUT2D eigenvalue weighted by Crippen LogP contribution is 2.41. The van der Waals surface area contributed by atoms with E-state index in [9.17, 15) is 13.2 Å². The minimum atomic E-state index is -4.58. The molecule has 1 aromatic carbocycles. The second-order valence-electron chi connectivity index (χ2n) is 6.72. The maximum atomic E-state index is 13.5. The Morgan fingerprint density at radius 1 is 1.04 bits per heavy atom. The molecule has 0 bridgehead atoms. The van der Waals surface area contributed by atoms with Crippen molar-refractivity contribution in [2.45, 2.75) is 25.4 Å². The number of pyridine rings is 1. The van der Waals surface area contributed by atoms with Crippen LogP contribution in [-0.4, -0.2) is 28.0 Å². The van der Waals surface area contributed by atoms with Gasteiger partial charge in [0.2, 0.25) is 0 Å². The molecule has 1 aliphatic rings. The van der Waals surface area contributed by atoms with Crippen molar-refractivity contribution in [2.24, 2.45) is 0 Å². The number of benzene rings is 1. The molecule has 0 unspecified atom stereocenters. The number of nitrogens with zero attached hydrogens (tertiary/aromatic N) is 4. The maximum Gasteiger partial charge on any atom is 0.418 e. The lowest BCUT2D eigenvalue weighted by Gasteiger charge is -2.28. The Kier molecular flexibility index (Phi) is 4.74. The summed E-state index contributed by atoms with van der Waals surface area (Å²) in [5.41, 5.74) is 5.08. The van der Waals surface area contributed by atoms with E-state index in [1.807, 2.05) is 0 Å². The summed E-state index contributed by atoms with van der Waals surface area (Å²) in [4.78, 5) is 14.7. The number of anilines is 2. The molecule has 3 heterocycles. The monoisotopic (exact) mass is 407 g/mol. The van der Waals surface area contributed by atoms with E-state index in [4.69, 9.17) is 17.3 Å². The molecule has 9 heteroatoms. The summed E-state index contributed by atoms with van der Waals surface area (Å²) < 4.78 is 40.4. The van der Waals surface area contributed by atoms with E-state index in [1.165, 1.54) is 18.8 Å². The van der Waals surface area contributed by atoms with Crippen LogP contribution < -0.4 is 10.6 Å². The van der Waals surface area contributed by atoms with Gasteiger partial charge in [-0.25, -0.2) is 15.0 Å². The molecule has 1 aliphatic heterocycles. The Labute approximate surface area is 164 Å². The van der Waals surface area contributed by atoms with Crippen LogP contribution in [0.1, 0.15) is 24.8 Å². The van der Waals surface area contributed by atoms with Gasteiger partial charge in [0.15, 0.2) is 0 Å². The van der Waals surface area contributed by atoms with Crippen LogP contribution in [0.4, 0.5) is 24.8 Å². The Hall–Kier alpha value is -2.61. The van der Waals surface area contributed by atoms with E-state index in [-0.39, 0.29) is 22.1 Å². The molecule has 1 saturated heterocycles. The van der Waals surface area contributed by atoms with Crippen molar-refractivity contribution in [3.8, 4) is 11.3 Å². The van der Waals surface area contributed by atoms with Crippen LogP contribution in [0.2, 0.25) is 5.02 Å². The fraction of sp³-hybridized carbons (Fsp3) is 0.316. The minimum Gasteiger partial charge on any atom is -0.384 e. The zero-order valence-electron chi connectivity index (χ0n) is 14.8. The first-order chi connectivity index (χ1) is 13.3. The van der Waals surface area contributed by atoms with E-state index in [0.29, 0.717) is 10.9 Å². The maximum absolute atomic E-state index is 13.5. The molecule has 4 rings (SSSR count). The van der Waals surface area contributed by atoms with Crippen molar-refractivity contribution in [1.29, 1.82) is 0 Å². The van der Waals surface area contributed by atoms with Crippen LogP contribution in [0.5, 0.6) is 0 Å². The molecule has 3 aromatic rings. The molecular formula is C19H17ClF3N5. The number of hydrogen-bond donors (Lipinski definition) is 1. The summed E-state index contributed by atoms with van der Waals surface area (Å²) >= 11 is 6.40. The van der Waals surface area contributed by atoms with E-state index in [2.05, 4.69) is 19.9 Å². The number of nitrogen functional groups attached to an aromatic ring is 1. The summed E-state index contributed by atoms with van der Waals surface area (Å²) in [6, 6.07) is 5.17. The Balaban J connectivity index is 1.89. The smallest absolute Gasteiger partial charge is 0.384 e. The number of aromatic nitrogens is 3. The molecular weight excluding hydrogens is 391 g/mol. The minimum absolute atomic E-state index is 0.0177. The fourth-order valence-electron chi connectivity index (χ4n) is 3.51. The number of alkyl halides is 3. The quantitative estimate of drug-likeness (QED) is 0.652. The normalized spacial score (nSPS) is 15.2. The molecule has 28 heavy (non-hydrogen) atoms. The predicted octanol–water partition coefficient (Wildman–Crippen LogP) is 4.94. The van der Waals surface area contributed by atoms with Crippen molar-refractivity contribution < 1.29 is 13.2 Å². The summed E-state index contributed by atoms with van der Waals surface area (Å²) in [5, 5.41) is 0.847. The first-order valence-electron chi connectivity index (χ1n) is 8.88. The molecule has 5 nitrogen and oxygen atoms in total. The molecule has 1 fully saturated rings. The summed E-state index contributed by atoms with van der Waals surface area (Å²) in [6.07, 6.45) is 0.144. The highest BCUT2D eigenvalue weighted by atomic mass is 35.5. The van der Waals surface area contributed by atoms with Crippen molar-refractivity contribution in [3.05, 3.63) is 41.2 Å². The summed E-state index contributed by atoms with van der Waals surface area (Å²) in [6.45, 7) is 1.75. The molecule has 0 radical (unpaired) electrons. The van der Waals surface area contributed by atoms with Crippen LogP contribution in [-0.2, 0) is 6.18 Å². The number of piperidine rings is 1. The van der Waals surface area contributed by atoms with Gasteiger partial charge >= 0.3 is 6.18 Å². The predicted molar refractivity (Wildman–Crippen MR) is 103 cm³/mol. The lowest BCUT2D eigenvalue weighted by molar-refractivity contribution is -0.137. The number of hydrogen-bond acceptors (Lipinski definition) is 5. The number of rotatable bonds is 2. The molecule has 0 saturated carbocycles. The molecule has 0 atom stereocenters. The van der Waals surface area contributed by atoms with Crippen LogP contribution in [0.15, 0.2) is 30.6 Å². The highest BCUT2D eigenvalue weighted by molar-refractivity contribution is 6.34. The van der Waals surface area contributed by atoms with Gasteiger partial charge in [0.05, 0.1) is 21.8 Å². The zero-order chi connectivity index (χ0) is 19.9. The van der Waals surface area contributed by atoms with Crippen LogP contribution in [0.3, 0.4) is 0 Å². The standard InChI is InChI=1S/C19H17ClF3N5/c20-14-8-12-15(25-10-26-18(12)28-6-2-1-3-7-28)9-11(14)17-13(19(21,22)23)4-5-16(24)27-17/h4-5,8-10H,1-3,6-7H2,(H2,24,27). The number of fused-ring (bicyclic) bond motifs is 1. The van der Waals surface area contributed by atoms with Crippen molar-refractivity contribution in [3.63, 3.8) is 0 Å². The Bertz CT molecular complexity index is 1030. The van der Waals surface area contributed by atoms with E-state index >= 15 is 0 Å². The molecule has 2 aromatic heterocycles. The van der Waals surface area contributed by atoms with Gasteiger partial charge < -0.3 is 10.6 Å². The van der Waals surface area contributed by atoms with Gasteiger partial charge in [-0.3, -0.25) is 0 Å². The van der Waals surface area contributed by atoms with Gasteiger partial charge in [-0.05, 0) is 43.5 Å². The van der Waals surface area contributed by atoms with Crippen molar-refractivity contribution >= 4 is 34.1 Å². The average molecular weight is 408 g/mol. The third-order valence-electron chi connectivity index (χ3n) is 4.84. The molecule has 0 aliphatic carbocycles. The van der Waals surface area contributed by atoms with E-state index < -0.39 is 11.7 Å². The largest absolute Gasteiger partial charge is 0.418 e. The third kappa shape index (κ3) is 3.44. The Morgan fingerprint density at radius 2 is 1.79 bits per heavy atom. The number of halogens is 4. The lowest BCUT2D eigenvalue weighted by atomic mass is 10.0. The van der Waals surface area contributed by atoms with Crippen LogP contribution in [0.25, 0.3) is 22.2 Å². The van der Waals surface area contributed by atoms with E-state index in [1.54, 1.807) is 6.07 Å². The highest BCUT2D eigenvalue weighted by Gasteiger charge is 2.35. The Morgan fingerprint density at radius 3 is 2.50 bits per heavy atom. The third-order valence-corrected chi connectivity index (χ3v) is 5.15. The molecule has 0 spiro atoms. The summed E-state index contributed by atoms with van der Waals surface area (Å²) in [7, 11) is 0. The van der Waals surface area contributed by atoms with Crippen LogP contribution >= 0.6 is 11.6 Å². The van der Waals surface area contributed by atoms with Gasteiger partial charge in [0.1, 0.15) is 18.0 Å². The first kappa shape index (κ1) is 18.7. The zero-order valence-corrected chi connectivity index (χ0v) is 15.6. The van der Waals surface area contributed by atoms with Gasteiger partial charge in [0.25, 0.3) is 0 Å². The lowest BCUT2D eigenvalue weighted by Crippen LogP contribution is -2.30. The first-order valence-corrected chi connectivity index (χ1v) is 9.25. The molecule has 2 N–H and O–H groups in total. The molecule has 146 valence electrons. The molecule has 0 amide bonds. The summed E-state index contributed by atoms with van der Waals surface area (Å²) in [5.74, 6) is 0.727. The topological polar surface area (TPSA) is 67.9 Å². The van der Waals surface area contributed by atoms with Crippen molar-refractivity contribution in [2.75, 3.05) is 23.7 Å². The second kappa shape index (κ2) is 7.09.